The van der Waals surface area contributed by atoms with Crippen LogP contribution in [0.25, 0.3) is 0 Å². The number of rotatable bonds is 17. The first kappa shape index (κ1) is 28.4. The second-order valence-electron chi connectivity index (χ2n) is 8.82. The summed E-state index contributed by atoms with van der Waals surface area (Å²) < 4.78 is 11.5. The molecule has 0 rings (SSSR count). The topological polar surface area (TPSA) is 52.6 Å². The summed E-state index contributed by atoms with van der Waals surface area (Å²) in [6.45, 7) is 17.3. The van der Waals surface area contributed by atoms with E-state index in [0.29, 0.717) is 15.6 Å². The average molecular weight is 425 g/mol. The molecule has 0 aliphatic rings. The summed E-state index contributed by atoms with van der Waals surface area (Å²) in [7, 11) is 1.97. The Hall–Kier alpha value is -1.62. The Labute approximate surface area is 185 Å². The van der Waals surface area contributed by atoms with E-state index in [4.69, 9.17) is 9.47 Å². The summed E-state index contributed by atoms with van der Waals surface area (Å²) in [6.07, 6.45) is 11.6. The number of carbonyl (C=O) groups is 2. The van der Waals surface area contributed by atoms with Crippen LogP contribution < -0.4 is 0 Å². The molecule has 0 aromatic carbocycles. The minimum absolute atomic E-state index is 0.315. The minimum Gasteiger partial charge on any atom is -0.409 e. The van der Waals surface area contributed by atoms with Crippen molar-refractivity contribution in [1.29, 1.82) is 0 Å². The van der Waals surface area contributed by atoms with Crippen molar-refractivity contribution in [3.63, 3.8) is 0 Å². The predicted octanol–water partition coefficient (Wildman–Crippen LogP) is 6.28. The summed E-state index contributed by atoms with van der Waals surface area (Å²) in [5, 5.41) is 0. The maximum Gasteiger partial charge on any atom is 0.337 e. The van der Waals surface area contributed by atoms with Gasteiger partial charge in [0.05, 0.1) is 13.6 Å². The second kappa shape index (κ2) is 15.2. The zero-order valence-electron chi connectivity index (χ0n) is 20.4. The highest BCUT2D eigenvalue weighted by atomic mass is 16.6. The summed E-state index contributed by atoms with van der Waals surface area (Å²) in [6, 6.07) is 0. The summed E-state index contributed by atoms with van der Waals surface area (Å²) in [4.78, 5) is 24.1. The van der Waals surface area contributed by atoms with E-state index in [9.17, 15) is 9.59 Å². The average Bonchev–Trinajstić information content (AvgIpc) is 2.68. The van der Waals surface area contributed by atoms with Crippen LogP contribution in [0.4, 0.5) is 0 Å². The number of esters is 2. The van der Waals surface area contributed by atoms with E-state index in [2.05, 4.69) is 20.1 Å². The monoisotopic (exact) mass is 424 g/mol. The van der Waals surface area contributed by atoms with Crippen LogP contribution in [0.15, 0.2) is 24.3 Å². The molecule has 2 unspecified atom stereocenters. The Bertz CT molecular complexity index is 521. The molecule has 2 atom stereocenters. The molecule has 0 bridgehead atoms. The van der Waals surface area contributed by atoms with Crippen LogP contribution in [0.1, 0.15) is 98.8 Å². The maximum absolute atomic E-state index is 12.0. The van der Waals surface area contributed by atoms with E-state index in [0.717, 1.165) is 19.4 Å². The van der Waals surface area contributed by atoms with Crippen molar-refractivity contribution >= 4 is 11.9 Å². The molecule has 0 saturated heterocycles. The van der Waals surface area contributed by atoms with E-state index in [1.165, 1.54) is 51.4 Å². The normalized spacial score (nSPS) is 15.0. The van der Waals surface area contributed by atoms with E-state index in [1.54, 1.807) is 13.8 Å². The van der Waals surface area contributed by atoms with E-state index in [-0.39, 0.29) is 0 Å². The van der Waals surface area contributed by atoms with Gasteiger partial charge >= 0.3 is 11.9 Å². The molecule has 0 heterocycles. The lowest BCUT2D eigenvalue weighted by molar-refractivity contribution is -0.987. The first-order valence-electron chi connectivity index (χ1n) is 11.6. The highest BCUT2D eigenvalue weighted by Crippen LogP contribution is 2.22. The fourth-order valence-corrected chi connectivity index (χ4v) is 3.35. The van der Waals surface area contributed by atoms with Crippen molar-refractivity contribution in [3.05, 3.63) is 24.3 Å². The van der Waals surface area contributed by atoms with Gasteiger partial charge in [0.2, 0.25) is 12.5 Å². The van der Waals surface area contributed by atoms with Gasteiger partial charge in [-0.2, -0.15) is 0 Å². The molecule has 5 nitrogen and oxygen atoms in total. The number of ether oxygens (including phenoxy) is 2. The number of nitrogens with zero attached hydrogens (tertiary/aromatic N) is 1. The van der Waals surface area contributed by atoms with Crippen molar-refractivity contribution in [2.45, 2.75) is 111 Å². The molecule has 0 aliphatic heterocycles. The van der Waals surface area contributed by atoms with Gasteiger partial charge in [0.15, 0.2) is 0 Å². The Morgan fingerprint density at radius 2 is 1.07 bits per heavy atom. The quantitative estimate of drug-likeness (QED) is 0.0906. The number of carbonyl (C=O) groups excluding carboxylic acids is 2. The largest absolute Gasteiger partial charge is 0.409 e. The van der Waals surface area contributed by atoms with Crippen LogP contribution in [-0.4, -0.2) is 42.5 Å². The number of quaternary nitrogens is 1. The fraction of sp³-hybridized carbons (Fsp3) is 0.760. The Kier molecular flexibility index (Phi) is 14.4. The first-order chi connectivity index (χ1) is 14.1. The van der Waals surface area contributed by atoms with Gasteiger partial charge in [0, 0.05) is 25.0 Å². The van der Waals surface area contributed by atoms with Crippen molar-refractivity contribution < 1.29 is 23.5 Å². The smallest absolute Gasteiger partial charge is 0.337 e. The van der Waals surface area contributed by atoms with Gasteiger partial charge < -0.3 is 9.47 Å². The third-order valence-electron chi connectivity index (χ3n) is 5.91. The van der Waals surface area contributed by atoms with Gasteiger partial charge in [-0.1, -0.05) is 71.4 Å². The molecular weight excluding hydrogens is 378 g/mol. The lowest BCUT2D eigenvalue weighted by Gasteiger charge is -2.42. The number of hydrogen-bond acceptors (Lipinski definition) is 4. The maximum atomic E-state index is 12.0. The Morgan fingerprint density at radius 1 is 0.733 bits per heavy atom. The van der Waals surface area contributed by atoms with Crippen LogP contribution in [0.3, 0.4) is 0 Å². The zero-order chi connectivity index (χ0) is 23.2. The highest BCUT2D eigenvalue weighted by Gasteiger charge is 2.39. The van der Waals surface area contributed by atoms with E-state index >= 15 is 0 Å². The van der Waals surface area contributed by atoms with Gasteiger partial charge in [0.25, 0.3) is 0 Å². The third kappa shape index (κ3) is 11.0. The van der Waals surface area contributed by atoms with Crippen LogP contribution in [0.5, 0.6) is 0 Å². The molecule has 0 saturated carbocycles. The van der Waals surface area contributed by atoms with Crippen molar-refractivity contribution in [3.8, 4) is 0 Å². The fourth-order valence-electron chi connectivity index (χ4n) is 3.35. The van der Waals surface area contributed by atoms with Gasteiger partial charge in [-0.15, -0.1) is 0 Å². The Morgan fingerprint density at radius 3 is 1.40 bits per heavy atom. The van der Waals surface area contributed by atoms with Gasteiger partial charge in [0.1, 0.15) is 0 Å². The van der Waals surface area contributed by atoms with Gasteiger partial charge in [-0.3, -0.25) is 4.48 Å². The summed E-state index contributed by atoms with van der Waals surface area (Å²) in [5.74, 6) is -0.846. The van der Waals surface area contributed by atoms with Crippen LogP contribution >= 0.6 is 0 Å². The van der Waals surface area contributed by atoms with Crippen LogP contribution in [-0.2, 0) is 19.1 Å². The van der Waals surface area contributed by atoms with E-state index < -0.39 is 24.4 Å². The summed E-state index contributed by atoms with van der Waals surface area (Å²) in [5.41, 5.74) is 0.720. The molecule has 0 amide bonds. The van der Waals surface area contributed by atoms with Crippen LogP contribution in [0, 0.1) is 0 Å². The molecule has 0 fully saturated rings. The molecule has 0 aromatic rings. The van der Waals surface area contributed by atoms with Gasteiger partial charge in [-0.25, -0.2) is 9.59 Å². The van der Waals surface area contributed by atoms with Crippen molar-refractivity contribution in [2.75, 3.05) is 13.6 Å². The number of unbranched alkanes of at least 4 members (excludes halogenated alkanes) is 9. The minimum atomic E-state index is -0.458. The molecule has 0 aliphatic carbocycles. The third-order valence-corrected chi connectivity index (χ3v) is 5.91. The molecule has 174 valence electrons. The molecule has 0 aromatic heterocycles. The van der Waals surface area contributed by atoms with Crippen molar-refractivity contribution in [1.82, 2.24) is 0 Å². The molecule has 5 heteroatoms. The molecule has 0 N–H and O–H groups in total. The van der Waals surface area contributed by atoms with E-state index in [1.807, 2.05) is 20.9 Å². The predicted molar refractivity (Wildman–Crippen MR) is 124 cm³/mol. The van der Waals surface area contributed by atoms with Crippen molar-refractivity contribution in [2.24, 2.45) is 0 Å². The molecule has 30 heavy (non-hydrogen) atoms. The highest BCUT2D eigenvalue weighted by molar-refractivity contribution is 5.87. The lowest BCUT2D eigenvalue weighted by atomic mass is 10.1. The molecule has 0 radical (unpaired) electrons. The Balaban J connectivity index is 4.69. The standard InChI is InChI=1S/C25H46NO4/c1-9-10-11-12-13-14-15-16-17-18-19-26(8,22(6)29-24(27)20(2)3)23(7)30-25(28)21(4)5/h22-23H,2,4,9-19H2,1,3,5-8H3/q+1. The van der Waals surface area contributed by atoms with Gasteiger partial charge in [-0.05, 0) is 26.7 Å². The lowest BCUT2D eigenvalue weighted by Crippen LogP contribution is -2.59. The molecule has 0 spiro atoms. The second-order valence-corrected chi connectivity index (χ2v) is 8.82. The number of hydrogen-bond donors (Lipinski definition) is 0. The zero-order valence-corrected chi connectivity index (χ0v) is 20.4. The summed E-state index contributed by atoms with van der Waals surface area (Å²) >= 11 is 0. The SMILES string of the molecule is C=C(C)C(=O)OC(C)[N+](C)(CCCCCCCCCCCC)C(C)OC(=O)C(=C)C. The first-order valence-corrected chi connectivity index (χ1v) is 11.6. The molecular formula is C25H46NO4+. The van der Waals surface area contributed by atoms with Crippen LogP contribution in [0.2, 0.25) is 0 Å².